The zero-order chi connectivity index (χ0) is 24.6. The molecule has 2 amide bonds. The first-order valence-electron chi connectivity index (χ1n) is 10.6. The first-order chi connectivity index (χ1) is 16.3. The average Bonchev–Trinajstić information content (AvgIpc) is 3.34. The van der Waals surface area contributed by atoms with Gasteiger partial charge < -0.3 is 14.5 Å². The summed E-state index contributed by atoms with van der Waals surface area (Å²) in [7, 11) is 1.45. The Morgan fingerprint density at radius 1 is 0.941 bits per heavy atom. The largest absolute Gasteiger partial charge is 0.416 e. The van der Waals surface area contributed by atoms with E-state index >= 15 is 0 Å². The van der Waals surface area contributed by atoms with Crippen LogP contribution in [-0.4, -0.2) is 48.4 Å². The van der Waals surface area contributed by atoms with Crippen LogP contribution in [0.1, 0.15) is 26.4 Å². The van der Waals surface area contributed by atoms with E-state index in [0.29, 0.717) is 13.1 Å². The van der Waals surface area contributed by atoms with Crippen molar-refractivity contribution in [3.8, 4) is 0 Å². The third-order valence-corrected chi connectivity index (χ3v) is 5.97. The zero-order valence-electron chi connectivity index (χ0n) is 18.6. The van der Waals surface area contributed by atoms with Crippen molar-refractivity contribution >= 4 is 23.2 Å². The van der Waals surface area contributed by atoms with Crippen molar-refractivity contribution in [2.24, 2.45) is 0 Å². The van der Waals surface area contributed by atoms with Gasteiger partial charge in [0.2, 0.25) is 5.91 Å². The van der Waals surface area contributed by atoms with E-state index in [-0.39, 0.29) is 31.2 Å². The highest BCUT2D eigenvalue weighted by atomic mass is 32.1. The number of carbonyl (C=O) groups excluding carboxylic acids is 2. The summed E-state index contributed by atoms with van der Waals surface area (Å²) in [6.45, 7) is 0.627. The first-order valence-corrected chi connectivity index (χ1v) is 11.5. The van der Waals surface area contributed by atoms with Crippen LogP contribution in [0.25, 0.3) is 0 Å². The molecule has 0 aliphatic rings. The lowest BCUT2D eigenvalue weighted by Gasteiger charge is -2.28. The van der Waals surface area contributed by atoms with Gasteiger partial charge in [-0.3, -0.25) is 9.59 Å². The van der Waals surface area contributed by atoms with Gasteiger partial charge >= 0.3 is 6.18 Å². The third kappa shape index (κ3) is 7.16. The molecule has 5 nitrogen and oxygen atoms in total. The summed E-state index contributed by atoms with van der Waals surface area (Å²) in [6, 6.07) is 17.5. The van der Waals surface area contributed by atoms with Crippen LogP contribution in [-0.2, 0) is 28.8 Å². The summed E-state index contributed by atoms with van der Waals surface area (Å²) in [4.78, 5) is 30.3. The molecule has 9 heteroatoms. The lowest BCUT2D eigenvalue weighted by molar-refractivity contribution is -0.137. The van der Waals surface area contributed by atoms with Gasteiger partial charge in [0, 0.05) is 30.6 Å². The maximum atomic E-state index is 13.3. The number of hydrogen-bond acceptors (Lipinski definition) is 4. The number of alkyl halides is 3. The minimum atomic E-state index is -4.57. The summed E-state index contributed by atoms with van der Waals surface area (Å²) in [5.41, 5.74) is -0.119. The Morgan fingerprint density at radius 3 is 2.35 bits per heavy atom. The average molecular weight is 491 g/mol. The molecule has 0 radical (unpaired) electrons. The maximum Gasteiger partial charge on any atom is 0.416 e. The SMILES string of the molecule is COCCN(CC(=O)N(Cc1ccccc1)Cc1cccs1)C(=O)c1cccc(C(F)(F)F)c1. The normalized spacial score (nSPS) is 11.3. The molecule has 1 heterocycles. The predicted molar refractivity (Wildman–Crippen MR) is 124 cm³/mol. The molecule has 0 atom stereocenters. The molecule has 0 saturated heterocycles. The Kier molecular flexibility index (Phi) is 8.84. The highest BCUT2D eigenvalue weighted by Crippen LogP contribution is 2.29. The van der Waals surface area contributed by atoms with Gasteiger partial charge in [0.05, 0.1) is 18.7 Å². The van der Waals surface area contributed by atoms with Crippen molar-refractivity contribution in [1.29, 1.82) is 0 Å². The second kappa shape index (κ2) is 11.8. The Balaban J connectivity index is 1.82. The van der Waals surface area contributed by atoms with Crippen molar-refractivity contribution in [2.45, 2.75) is 19.3 Å². The molecule has 1 aromatic heterocycles. The van der Waals surface area contributed by atoms with E-state index in [1.807, 2.05) is 47.8 Å². The molecule has 2 aromatic carbocycles. The fourth-order valence-electron chi connectivity index (χ4n) is 3.36. The Hall–Kier alpha value is -3.17. The van der Waals surface area contributed by atoms with Crippen LogP contribution < -0.4 is 0 Å². The van der Waals surface area contributed by atoms with Gasteiger partial charge in [-0.15, -0.1) is 11.3 Å². The highest BCUT2D eigenvalue weighted by Gasteiger charge is 2.31. The van der Waals surface area contributed by atoms with Crippen molar-refractivity contribution in [3.05, 3.63) is 93.7 Å². The second-order valence-corrected chi connectivity index (χ2v) is 8.65. The monoisotopic (exact) mass is 490 g/mol. The number of halogens is 3. The smallest absolute Gasteiger partial charge is 0.383 e. The van der Waals surface area contributed by atoms with Crippen molar-refractivity contribution in [2.75, 3.05) is 26.8 Å². The number of nitrogens with zero attached hydrogens (tertiary/aromatic N) is 2. The number of rotatable bonds is 10. The number of carbonyl (C=O) groups is 2. The Labute approximate surface area is 200 Å². The van der Waals surface area contributed by atoms with Crippen LogP contribution >= 0.6 is 11.3 Å². The third-order valence-electron chi connectivity index (χ3n) is 5.11. The van der Waals surface area contributed by atoms with E-state index in [4.69, 9.17) is 4.74 Å². The van der Waals surface area contributed by atoms with E-state index in [2.05, 4.69) is 0 Å². The molecule has 34 heavy (non-hydrogen) atoms. The summed E-state index contributed by atoms with van der Waals surface area (Å²) in [6.07, 6.45) is -4.57. The highest BCUT2D eigenvalue weighted by molar-refractivity contribution is 7.09. The van der Waals surface area contributed by atoms with Crippen molar-refractivity contribution in [3.63, 3.8) is 0 Å². The molecule has 0 spiro atoms. The minimum absolute atomic E-state index is 0.0650. The Morgan fingerprint density at radius 2 is 1.71 bits per heavy atom. The van der Waals surface area contributed by atoms with Gasteiger partial charge in [0.1, 0.15) is 6.54 Å². The van der Waals surface area contributed by atoms with Gasteiger partial charge in [-0.2, -0.15) is 13.2 Å². The van der Waals surface area contributed by atoms with Gasteiger partial charge in [0.25, 0.3) is 5.91 Å². The van der Waals surface area contributed by atoms with E-state index in [9.17, 15) is 22.8 Å². The van der Waals surface area contributed by atoms with Crippen LogP contribution in [0, 0.1) is 0 Å². The van der Waals surface area contributed by atoms with Gasteiger partial charge in [-0.1, -0.05) is 42.5 Å². The summed E-state index contributed by atoms with van der Waals surface area (Å²) in [5, 5.41) is 1.92. The van der Waals surface area contributed by atoms with Crippen LogP contribution in [0.3, 0.4) is 0 Å². The lowest BCUT2D eigenvalue weighted by Crippen LogP contribution is -2.43. The standard InChI is InChI=1S/C25H25F3N2O3S/c1-33-13-12-29(24(32)20-9-5-10-21(15-20)25(26,27)28)18-23(31)30(17-22-11-6-14-34-22)16-19-7-3-2-4-8-19/h2-11,14-15H,12-13,16-18H2,1H3. The van der Waals surface area contributed by atoms with E-state index < -0.39 is 17.6 Å². The lowest BCUT2D eigenvalue weighted by atomic mass is 10.1. The fourth-order valence-corrected chi connectivity index (χ4v) is 4.07. The molecule has 0 unspecified atom stereocenters. The molecule has 3 aromatic rings. The molecule has 0 saturated carbocycles. The first kappa shape index (κ1) is 25.5. The van der Waals surface area contributed by atoms with Crippen LogP contribution in [0.2, 0.25) is 0 Å². The van der Waals surface area contributed by atoms with Crippen LogP contribution in [0.5, 0.6) is 0 Å². The summed E-state index contributed by atoms with van der Waals surface area (Å²) in [5.74, 6) is -0.971. The number of thiophene rings is 1. The molecule has 0 fully saturated rings. The number of amides is 2. The number of methoxy groups -OCH3 is 1. The molecule has 0 N–H and O–H groups in total. The molecule has 0 bridgehead atoms. The zero-order valence-corrected chi connectivity index (χ0v) is 19.4. The summed E-state index contributed by atoms with van der Waals surface area (Å²) < 4.78 is 44.5. The van der Waals surface area contributed by atoms with E-state index in [0.717, 1.165) is 22.6 Å². The number of ether oxygens (including phenoxy) is 1. The predicted octanol–water partition coefficient (Wildman–Crippen LogP) is 5.08. The van der Waals surface area contributed by atoms with Gasteiger partial charge in [-0.25, -0.2) is 0 Å². The van der Waals surface area contributed by atoms with Crippen LogP contribution in [0.15, 0.2) is 72.1 Å². The number of benzene rings is 2. The quantitative estimate of drug-likeness (QED) is 0.398. The molecular formula is C25H25F3N2O3S. The fraction of sp³-hybridized carbons (Fsp3) is 0.280. The van der Waals surface area contributed by atoms with Crippen molar-refractivity contribution in [1.82, 2.24) is 9.80 Å². The molecule has 3 rings (SSSR count). The van der Waals surface area contributed by atoms with Crippen molar-refractivity contribution < 1.29 is 27.5 Å². The second-order valence-electron chi connectivity index (χ2n) is 7.61. The van der Waals surface area contributed by atoms with E-state index in [1.165, 1.54) is 35.5 Å². The topological polar surface area (TPSA) is 49.9 Å². The van der Waals surface area contributed by atoms with Gasteiger partial charge in [0.15, 0.2) is 0 Å². The maximum absolute atomic E-state index is 13.3. The Bertz CT molecular complexity index is 1070. The van der Waals surface area contributed by atoms with Crippen LogP contribution in [0.4, 0.5) is 13.2 Å². The molecule has 0 aliphatic heterocycles. The molecule has 180 valence electrons. The number of hydrogen-bond donors (Lipinski definition) is 0. The van der Waals surface area contributed by atoms with Gasteiger partial charge in [-0.05, 0) is 35.2 Å². The summed E-state index contributed by atoms with van der Waals surface area (Å²) >= 11 is 1.52. The molecular weight excluding hydrogens is 465 g/mol. The van der Waals surface area contributed by atoms with E-state index in [1.54, 1.807) is 4.90 Å². The minimum Gasteiger partial charge on any atom is -0.383 e. The molecule has 0 aliphatic carbocycles.